The van der Waals surface area contributed by atoms with Crippen LogP contribution in [-0.4, -0.2) is 23.5 Å². The van der Waals surface area contributed by atoms with Crippen LogP contribution in [0.5, 0.6) is 5.75 Å². The van der Waals surface area contributed by atoms with Crippen molar-refractivity contribution in [3.05, 3.63) is 90.0 Å². The number of anilines is 2. The lowest BCUT2D eigenvalue weighted by Crippen LogP contribution is -2.34. The molecule has 3 N–H and O–H groups in total. The van der Waals surface area contributed by atoms with Crippen molar-refractivity contribution in [3.63, 3.8) is 0 Å². The maximum absolute atomic E-state index is 12.7. The second kappa shape index (κ2) is 10.9. The monoisotopic (exact) mass is 433 g/mol. The molecule has 0 aliphatic heterocycles. The quantitative estimate of drug-likeness (QED) is 0.464. The molecule has 0 heterocycles. The van der Waals surface area contributed by atoms with Crippen LogP contribution in [0.25, 0.3) is 0 Å². The fourth-order valence-corrected chi connectivity index (χ4v) is 2.99. The van der Waals surface area contributed by atoms with Crippen molar-refractivity contribution < 1.29 is 14.3 Å². The zero-order chi connectivity index (χ0) is 22.1. The summed E-state index contributed by atoms with van der Waals surface area (Å²) in [6, 6.07) is 23.0. The molecule has 0 saturated carbocycles. The summed E-state index contributed by atoms with van der Waals surface area (Å²) in [4.78, 5) is 25.2. The minimum absolute atomic E-state index is 0.0878. The van der Waals surface area contributed by atoms with Gasteiger partial charge in [0.2, 0.25) is 0 Å². The van der Waals surface area contributed by atoms with Gasteiger partial charge in [-0.05, 0) is 61.1 Å². The molecule has 31 heavy (non-hydrogen) atoms. The van der Waals surface area contributed by atoms with Crippen LogP contribution in [0.2, 0.25) is 0 Å². The number of para-hydroxylation sites is 2. The Balaban J connectivity index is 1.66. The molecule has 3 rings (SSSR count). The molecule has 6 nitrogen and oxygen atoms in total. The Morgan fingerprint density at radius 2 is 1.61 bits per heavy atom. The van der Waals surface area contributed by atoms with Crippen LogP contribution in [0, 0.1) is 0 Å². The molecule has 158 valence electrons. The average Bonchev–Trinajstić information content (AvgIpc) is 2.78. The van der Waals surface area contributed by atoms with Crippen molar-refractivity contribution in [3.8, 4) is 5.75 Å². The molecule has 0 radical (unpaired) electrons. The van der Waals surface area contributed by atoms with E-state index in [1.54, 1.807) is 60.7 Å². The number of rotatable bonds is 7. The average molecular weight is 434 g/mol. The first-order valence-electron chi connectivity index (χ1n) is 9.87. The predicted molar refractivity (Wildman–Crippen MR) is 127 cm³/mol. The van der Waals surface area contributed by atoms with E-state index in [0.717, 1.165) is 6.42 Å². The van der Waals surface area contributed by atoms with Gasteiger partial charge in [-0.2, -0.15) is 0 Å². The maximum Gasteiger partial charge on any atom is 0.257 e. The number of benzene rings is 3. The van der Waals surface area contributed by atoms with Crippen molar-refractivity contribution in [1.82, 2.24) is 5.32 Å². The topological polar surface area (TPSA) is 79.5 Å². The van der Waals surface area contributed by atoms with E-state index in [1.807, 2.05) is 25.1 Å². The number of hydrogen-bond donors (Lipinski definition) is 3. The Morgan fingerprint density at radius 3 is 2.39 bits per heavy atom. The minimum Gasteiger partial charge on any atom is -0.494 e. The van der Waals surface area contributed by atoms with Crippen LogP contribution < -0.4 is 20.7 Å². The Kier molecular flexibility index (Phi) is 7.73. The number of ether oxygens (including phenoxy) is 1. The smallest absolute Gasteiger partial charge is 0.257 e. The highest BCUT2D eigenvalue weighted by Gasteiger charge is 2.14. The highest BCUT2D eigenvalue weighted by atomic mass is 32.1. The van der Waals surface area contributed by atoms with Crippen molar-refractivity contribution in [2.24, 2.45) is 0 Å². The van der Waals surface area contributed by atoms with Gasteiger partial charge in [0.1, 0.15) is 5.75 Å². The Labute approximate surface area is 186 Å². The molecule has 3 aromatic carbocycles. The van der Waals surface area contributed by atoms with E-state index in [9.17, 15) is 9.59 Å². The summed E-state index contributed by atoms with van der Waals surface area (Å²) in [5.41, 5.74) is 2.00. The van der Waals surface area contributed by atoms with Gasteiger partial charge in [-0.3, -0.25) is 14.9 Å². The van der Waals surface area contributed by atoms with Crippen LogP contribution in [0.4, 0.5) is 11.4 Å². The third-order valence-corrected chi connectivity index (χ3v) is 4.45. The molecular formula is C24H23N3O3S. The number of carbonyl (C=O) groups is 2. The molecule has 0 atom stereocenters. The molecule has 0 fully saturated rings. The molecule has 0 saturated heterocycles. The first-order valence-corrected chi connectivity index (χ1v) is 10.3. The van der Waals surface area contributed by atoms with E-state index in [1.165, 1.54) is 0 Å². The van der Waals surface area contributed by atoms with Gasteiger partial charge < -0.3 is 15.4 Å². The van der Waals surface area contributed by atoms with Gasteiger partial charge in [0.15, 0.2) is 5.11 Å². The Morgan fingerprint density at radius 1 is 0.871 bits per heavy atom. The third-order valence-electron chi connectivity index (χ3n) is 4.25. The standard InChI is InChI=1S/C24H23N3O3S/c1-2-15-30-19-12-8-9-17(16-19)22(28)27-24(31)26-21-14-7-6-13-20(21)23(29)25-18-10-4-3-5-11-18/h3-14,16H,2,15H2,1H3,(H,25,29)(H2,26,27,28,31). The molecule has 0 spiro atoms. The summed E-state index contributed by atoms with van der Waals surface area (Å²) in [7, 11) is 0. The van der Waals surface area contributed by atoms with Gasteiger partial charge in [-0.25, -0.2) is 0 Å². The Hall–Kier alpha value is -3.71. The lowest BCUT2D eigenvalue weighted by atomic mass is 10.1. The fraction of sp³-hybridized carbons (Fsp3) is 0.125. The lowest BCUT2D eigenvalue weighted by molar-refractivity contribution is 0.0976. The normalized spacial score (nSPS) is 10.1. The number of thiocarbonyl (C=S) groups is 1. The number of amides is 2. The number of carbonyl (C=O) groups excluding carboxylic acids is 2. The van der Waals surface area contributed by atoms with Crippen LogP contribution in [0.1, 0.15) is 34.1 Å². The first kappa shape index (κ1) is 22.0. The minimum atomic E-state index is -0.370. The van der Waals surface area contributed by atoms with Crippen molar-refractivity contribution in [2.45, 2.75) is 13.3 Å². The molecular weight excluding hydrogens is 410 g/mol. The SMILES string of the molecule is CCCOc1cccc(C(=O)NC(=S)Nc2ccccc2C(=O)Nc2ccccc2)c1. The molecule has 0 aliphatic rings. The highest BCUT2D eigenvalue weighted by molar-refractivity contribution is 7.80. The van der Waals surface area contributed by atoms with Gasteiger partial charge >= 0.3 is 0 Å². The van der Waals surface area contributed by atoms with Gasteiger partial charge in [-0.1, -0.05) is 43.3 Å². The van der Waals surface area contributed by atoms with Crippen LogP contribution >= 0.6 is 12.2 Å². The first-order chi connectivity index (χ1) is 15.1. The number of nitrogens with one attached hydrogen (secondary N) is 3. The largest absolute Gasteiger partial charge is 0.494 e. The van der Waals surface area contributed by atoms with Crippen molar-refractivity contribution >= 4 is 40.5 Å². The summed E-state index contributed by atoms with van der Waals surface area (Å²) >= 11 is 5.28. The summed E-state index contributed by atoms with van der Waals surface area (Å²) in [6.07, 6.45) is 0.877. The summed E-state index contributed by atoms with van der Waals surface area (Å²) in [6.45, 7) is 2.59. The molecule has 0 aliphatic carbocycles. The second-order valence-electron chi connectivity index (χ2n) is 6.65. The lowest BCUT2D eigenvalue weighted by Gasteiger charge is -2.14. The second-order valence-corrected chi connectivity index (χ2v) is 7.06. The van der Waals surface area contributed by atoms with Crippen LogP contribution in [0.15, 0.2) is 78.9 Å². The van der Waals surface area contributed by atoms with E-state index >= 15 is 0 Å². The predicted octanol–water partition coefficient (Wildman–Crippen LogP) is 4.85. The fourth-order valence-electron chi connectivity index (χ4n) is 2.79. The maximum atomic E-state index is 12.7. The molecule has 2 amide bonds. The third kappa shape index (κ3) is 6.38. The van der Waals surface area contributed by atoms with Crippen molar-refractivity contribution in [2.75, 3.05) is 17.2 Å². The van der Waals surface area contributed by atoms with Crippen LogP contribution in [-0.2, 0) is 0 Å². The van der Waals surface area contributed by atoms with E-state index in [4.69, 9.17) is 17.0 Å². The van der Waals surface area contributed by atoms with E-state index in [0.29, 0.717) is 34.9 Å². The van der Waals surface area contributed by atoms with E-state index in [-0.39, 0.29) is 16.9 Å². The van der Waals surface area contributed by atoms with Gasteiger partial charge in [0.05, 0.1) is 17.9 Å². The summed E-state index contributed by atoms with van der Waals surface area (Å²) < 4.78 is 5.56. The zero-order valence-corrected chi connectivity index (χ0v) is 17.9. The van der Waals surface area contributed by atoms with Gasteiger partial charge in [-0.15, -0.1) is 0 Å². The Bertz CT molecular complexity index is 1070. The highest BCUT2D eigenvalue weighted by Crippen LogP contribution is 2.18. The van der Waals surface area contributed by atoms with Crippen LogP contribution in [0.3, 0.4) is 0 Å². The zero-order valence-electron chi connectivity index (χ0n) is 17.1. The summed E-state index contributed by atoms with van der Waals surface area (Å²) in [5.74, 6) is -0.0360. The summed E-state index contributed by atoms with van der Waals surface area (Å²) in [5, 5.41) is 8.50. The van der Waals surface area contributed by atoms with E-state index in [2.05, 4.69) is 16.0 Å². The van der Waals surface area contributed by atoms with E-state index < -0.39 is 0 Å². The molecule has 0 aromatic heterocycles. The van der Waals surface area contributed by atoms with Gasteiger partial charge in [0, 0.05) is 11.3 Å². The van der Waals surface area contributed by atoms with Gasteiger partial charge in [0.25, 0.3) is 11.8 Å². The van der Waals surface area contributed by atoms with Crippen molar-refractivity contribution in [1.29, 1.82) is 0 Å². The molecule has 0 bridgehead atoms. The molecule has 0 unspecified atom stereocenters. The molecule has 3 aromatic rings. The number of hydrogen-bond acceptors (Lipinski definition) is 4. The molecule has 7 heteroatoms.